The number of rotatable bonds is 6. The molecule has 0 amide bonds. The van der Waals surface area contributed by atoms with Crippen molar-refractivity contribution in [1.82, 2.24) is 0 Å². The van der Waals surface area contributed by atoms with Gasteiger partial charge in [-0.3, -0.25) is 0 Å². The van der Waals surface area contributed by atoms with Crippen LogP contribution in [0.1, 0.15) is 61.0 Å². The maximum Gasteiger partial charge on any atom is 0.411 e. The quantitative estimate of drug-likeness (QED) is 0.565. The first kappa shape index (κ1) is 18.5. The summed E-state index contributed by atoms with van der Waals surface area (Å²) in [6, 6.07) is 6.16. The highest BCUT2D eigenvalue weighted by molar-refractivity contribution is 9.09. The molecular formula is C16H22BrF3O. The van der Waals surface area contributed by atoms with E-state index in [0.717, 1.165) is 11.1 Å². The minimum absolute atomic E-state index is 0.000253. The second-order valence-electron chi connectivity index (χ2n) is 5.80. The SMILES string of the molecule is CC(C)c1ccc(C(Br)COCC(F)(F)F)c(C(C)C)c1. The molecule has 0 aliphatic carbocycles. The Labute approximate surface area is 133 Å². The maximum absolute atomic E-state index is 12.1. The number of benzene rings is 1. The second-order valence-corrected chi connectivity index (χ2v) is 6.90. The molecule has 0 radical (unpaired) electrons. The van der Waals surface area contributed by atoms with Crippen LogP contribution in [0.25, 0.3) is 0 Å². The summed E-state index contributed by atoms with van der Waals surface area (Å²) in [7, 11) is 0. The molecule has 1 aromatic rings. The van der Waals surface area contributed by atoms with Crippen LogP contribution in [0, 0.1) is 0 Å². The Morgan fingerprint density at radius 1 is 1.05 bits per heavy atom. The fourth-order valence-electron chi connectivity index (χ4n) is 2.11. The molecule has 0 aliphatic heterocycles. The smallest absolute Gasteiger partial charge is 0.371 e. The summed E-state index contributed by atoms with van der Waals surface area (Å²) in [5.74, 6) is 0.730. The summed E-state index contributed by atoms with van der Waals surface area (Å²) in [6.07, 6.45) is -4.28. The largest absolute Gasteiger partial charge is 0.411 e. The van der Waals surface area contributed by atoms with Crippen LogP contribution in [0.2, 0.25) is 0 Å². The minimum Gasteiger partial charge on any atom is -0.371 e. The monoisotopic (exact) mass is 366 g/mol. The molecule has 1 nitrogen and oxygen atoms in total. The molecular weight excluding hydrogens is 345 g/mol. The Hall–Kier alpha value is -0.550. The van der Waals surface area contributed by atoms with Gasteiger partial charge in [0.25, 0.3) is 0 Å². The number of hydrogen-bond acceptors (Lipinski definition) is 1. The number of hydrogen-bond donors (Lipinski definition) is 0. The number of halogens is 4. The first-order chi connectivity index (χ1) is 9.61. The molecule has 120 valence electrons. The molecule has 21 heavy (non-hydrogen) atoms. The van der Waals surface area contributed by atoms with Gasteiger partial charge in [-0.25, -0.2) is 0 Å². The highest BCUT2D eigenvalue weighted by Gasteiger charge is 2.28. The molecule has 1 rings (SSSR count). The summed E-state index contributed by atoms with van der Waals surface area (Å²) in [5, 5.41) is 0. The van der Waals surface area contributed by atoms with E-state index in [1.165, 1.54) is 5.56 Å². The highest BCUT2D eigenvalue weighted by Crippen LogP contribution is 2.33. The first-order valence-electron chi connectivity index (χ1n) is 7.04. The molecule has 1 unspecified atom stereocenters. The van der Waals surface area contributed by atoms with Gasteiger partial charge in [0.05, 0.1) is 11.4 Å². The van der Waals surface area contributed by atoms with Gasteiger partial charge < -0.3 is 4.74 Å². The van der Waals surface area contributed by atoms with E-state index >= 15 is 0 Å². The predicted molar refractivity (Wildman–Crippen MR) is 83.2 cm³/mol. The zero-order valence-electron chi connectivity index (χ0n) is 12.8. The molecule has 0 N–H and O–H groups in total. The third kappa shape index (κ3) is 5.99. The van der Waals surface area contributed by atoms with Gasteiger partial charge in [0.2, 0.25) is 0 Å². The van der Waals surface area contributed by atoms with Crippen molar-refractivity contribution in [3.05, 3.63) is 34.9 Å². The molecule has 0 spiro atoms. The van der Waals surface area contributed by atoms with Crippen molar-refractivity contribution >= 4 is 15.9 Å². The molecule has 0 heterocycles. The van der Waals surface area contributed by atoms with E-state index < -0.39 is 12.8 Å². The van der Waals surface area contributed by atoms with E-state index in [0.29, 0.717) is 11.8 Å². The van der Waals surface area contributed by atoms with Crippen molar-refractivity contribution < 1.29 is 17.9 Å². The molecule has 1 aromatic carbocycles. The van der Waals surface area contributed by atoms with Gasteiger partial charge in [0.1, 0.15) is 6.61 Å². The van der Waals surface area contributed by atoms with E-state index in [1.54, 1.807) is 0 Å². The molecule has 0 saturated carbocycles. The molecule has 0 aromatic heterocycles. The minimum atomic E-state index is -4.28. The van der Waals surface area contributed by atoms with Crippen molar-refractivity contribution in [3.8, 4) is 0 Å². The van der Waals surface area contributed by atoms with Gasteiger partial charge in [-0.2, -0.15) is 13.2 Å². The molecule has 5 heteroatoms. The molecule has 0 aliphatic rings. The number of alkyl halides is 4. The Bertz CT molecular complexity index is 455. The van der Waals surface area contributed by atoms with Crippen molar-refractivity contribution in [2.75, 3.05) is 13.2 Å². The van der Waals surface area contributed by atoms with Gasteiger partial charge in [-0.05, 0) is 28.5 Å². The zero-order chi connectivity index (χ0) is 16.2. The third-order valence-corrected chi connectivity index (χ3v) is 4.02. The van der Waals surface area contributed by atoms with E-state index in [4.69, 9.17) is 4.74 Å². The van der Waals surface area contributed by atoms with Crippen LogP contribution in [0.4, 0.5) is 13.2 Å². The molecule has 0 bridgehead atoms. The lowest BCUT2D eigenvalue weighted by Gasteiger charge is -2.20. The fraction of sp³-hybridized carbons (Fsp3) is 0.625. The second kappa shape index (κ2) is 7.63. The van der Waals surface area contributed by atoms with Gasteiger partial charge in [0, 0.05) is 0 Å². The lowest BCUT2D eigenvalue weighted by molar-refractivity contribution is -0.173. The Balaban J connectivity index is 2.85. The van der Waals surface area contributed by atoms with Crippen LogP contribution in [0.3, 0.4) is 0 Å². The average Bonchev–Trinajstić information content (AvgIpc) is 2.36. The van der Waals surface area contributed by atoms with Crippen molar-refractivity contribution in [3.63, 3.8) is 0 Å². The van der Waals surface area contributed by atoms with Crippen molar-refractivity contribution in [2.24, 2.45) is 0 Å². The fourth-order valence-corrected chi connectivity index (χ4v) is 2.71. The zero-order valence-corrected chi connectivity index (χ0v) is 14.4. The Morgan fingerprint density at radius 3 is 2.14 bits per heavy atom. The van der Waals surface area contributed by atoms with Crippen LogP contribution < -0.4 is 0 Å². The van der Waals surface area contributed by atoms with E-state index in [1.807, 2.05) is 12.1 Å². The van der Waals surface area contributed by atoms with E-state index in [9.17, 15) is 13.2 Å². The summed E-state index contributed by atoms with van der Waals surface area (Å²) in [4.78, 5) is -0.238. The van der Waals surface area contributed by atoms with Crippen LogP contribution in [-0.2, 0) is 4.74 Å². The Kier molecular flexibility index (Phi) is 6.72. The van der Waals surface area contributed by atoms with Crippen molar-refractivity contribution in [2.45, 2.75) is 50.5 Å². The third-order valence-electron chi connectivity index (χ3n) is 3.27. The summed E-state index contributed by atoms with van der Waals surface area (Å²) in [5.41, 5.74) is 3.38. The normalized spacial score (nSPS) is 14.0. The average molecular weight is 367 g/mol. The van der Waals surface area contributed by atoms with Crippen molar-refractivity contribution in [1.29, 1.82) is 0 Å². The topological polar surface area (TPSA) is 9.23 Å². The molecule has 0 fully saturated rings. The van der Waals surface area contributed by atoms with Gasteiger partial charge in [-0.15, -0.1) is 0 Å². The molecule has 0 saturated heterocycles. The maximum atomic E-state index is 12.1. The van der Waals surface area contributed by atoms with Crippen LogP contribution >= 0.6 is 15.9 Å². The van der Waals surface area contributed by atoms with Gasteiger partial charge >= 0.3 is 6.18 Å². The van der Waals surface area contributed by atoms with Gasteiger partial charge in [0.15, 0.2) is 0 Å². The van der Waals surface area contributed by atoms with Gasteiger partial charge in [-0.1, -0.05) is 61.8 Å². The van der Waals surface area contributed by atoms with Crippen LogP contribution in [-0.4, -0.2) is 19.4 Å². The molecule has 1 atom stereocenters. The highest BCUT2D eigenvalue weighted by atomic mass is 79.9. The summed E-state index contributed by atoms with van der Waals surface area (Å²) < 4.78 is 41.1. The lowest BCUT2D eigenvalue weighted by atomic mass is 9.90. The standard InChI is InChI=1S/C16H22BrF3O/c1-10(2)12-5-6-13(14(7-12)11(3)4)15(17)8-21-9-16(18,19)20/h5-7,10-11,15H,8-9H2,1-4H3. The van der Waals surface area contributed by atoms with E-state index in [-0.39, 0.29) is 11.4 Å². The predicted octanol–water partition coefficient (Wildman–Crippen LogP) is 5.95. The number of ether oxygens (including phenoxy) is 1. The van der Waals surface area contributed by atoms with Crippen LogP contribution in [0.15, 0.2) is 18.2 Å². The van der Waals surface area contributed by atoms with Crippen LogP contribution in [0.5, 0.6) is 0 Å². The van der Waals surface area contributed by atoms with E-state index in [2.05, 4.69) is 49.7 Å². The summed E-state index contributed by atoms with van der Waals surface area (Å²) in [6.45, 7) is 7.20. The first-order valence-corrected chi connectivity index (χ1v) is 7.95. The summed E-state index contributed by atoms with van der Waals surface area (Å²) >= 11 is 3.44. The Morgan fingerprint density at radius 2 is 1.67 bits per heavy atom. The lowest BCUT2D eigenvalue weighted by Crippen LogP contribution is -2.19.